The molecule has 9 heteroatoms. The lowest BCUT2D eigenvalue weighted by atomic mass is 9.94. The third-order valence-corrected chi connectivity index (χ3v) is 5.38. The molecule has 1 aromatic carbocycles. The number of nitrogens with zero attached hydrogens (tertiary/aromatic N) is 3. The highest BCUT2D eigenvalue weighted by molar-refractivity contribution is 8.17. The summed E-state index contributed by atoms with van der Waals surface area (Å²) in [5, 5.41) is 10.6. The third-order valence-electron chi connectivity index (χ3n) is 3.84. The quantitative estimate of drug-likeness (QED) is 0.770. The zero-order valence-corrected chi connectivity index (χ0v) is 15.5. The molecule has 0 saturated carbocycles. The number of esters is 1. The fourth-order valence-corrected chi connectivity index (χ4v) is 4.16. The van der Waals surface area contributed by atoms with E-state index in [0.29, 0.717) is 37.0 Å². The predicted octanol–water partition coefficient (Wildman–Crippen LogP) is 3.55. The first-order valence-corrected chi connectivity index (χ1v) is 8.66. The Labute approximate surface area is 158 Å². The molecular weight excluding hydrogens is 383 g/mol. The number of aliphatic imine (C=N–C) groups is 1. The molecule has 0 aromatic heterocycles. The van der Waals surface area contributed by atoms with Crippen LogP contribution in [0, 0.1) is 11.3 Å². The number of carbonyl (C=O) groups excluding carboxylic acids is 1. The van der Waals surface area contributed by atoms with Crippen molar-refractivity contribution in [1.82, 2.24) is 4.90 Å². The second-order valence-corrected chi connectivity index (χ2v) is 7.07. The van der Waals surface area contributed by atoms with E-state index in [0.717, 1.165) is 11.8 Å². The van der Waals surface area contributed by atoms with Crippen molar-refractivity contribution < 1.29 is 9.53 Å². The van der Waals surface area contributed by atoms with Gasteiger partial charge in [0.1, 0.15) is 16.8 Å². The molecule has 0 spiro atoms. The number of thioether (sulfide) groups is 1. The predicted molar refractivity (Wildman–Crippen MR) is 97.6 cm³/mol. The molecule has 3 rings (SSSR count). The van der Waals surface area contributed by atoms with Crippen LogP contribution in [-0.4, -0.2) is 23.1 Å². The Hall–Kier alpha value is -2.14. The first kappa shape index (κ1) is 17.7. The summed E-state index contributed by atoms with van der Waals surface area (Å²) < 4.78 is 4.92. The number of ether oxygens (including phenoxy) is 1. The van der Waals surface area contributed by atoms with Gasteiger partial charge in [0.15, 0.2) is 5.17 Å². The SMILES string of the molecule is COC(=O)C1=C(C)N=C2SC(C#N)=C(N)N2[C@H]1c1ccc(Cl)cc1Cl. The van der Waals surface area contributed by atoms with Crippen LogP contribution in [0.3, 0.4) is 0 Å². The summed E-state index contributed by atoms with van der Waals surface area (Å²) in [5.74, 6) is -0.323. The lowest BCUT2D eigenvalue weighted by molar-refractivity contribution is -0.136. The van der Waals surface area contributed by atoms with Gasteiger partial charge < -0.3 is 10.5 Å². The van der Waals surface area contributed by atoms with Gasteiger partial charge in [-0.3, -0.25) is 4.90 Å². The van der Waals surface area contributed by atoms with Crippen LogP contribution in [-0.2, 0) is 9.53 Å². The highest BCUT2D eigenvalue weighted by Crippen LogP contribution is 2.46. The van der Waals surface area contributed by atoms with Crippen LogP contribution in [0.5, 0.6) is 0 Å². The normalized spacial score (nSPS) is 19.6. The van der Waals surface area contributed by atoms with Gasteiger partial charge in [-0.25, -0.2) is 9.79 Å². The first-order chi connectivity index (χ1) is 11.9. The summed E-state index contributed by atoms with van der Waals surface area (Å²) in [6.45, 7) is 1.70. The van der Waals surface area contributed by atoms with E-state index in [2.05, 4.69) is 4.99 Å². The minimum atomic E-state index is -0.664. The fraction of sp³-hybridized carbons (Fsp3) is 0.188. The zero-order chi connectivity index (χ0) is 18.3. The van der Waals surface area contributed by atoms with Gasteiger partial charge in [-0.2, -0.15) is 5.26 Å². The minimum Gasteiger partial charge on any atom is -0.466 e. The van der Waals surface area contributed by atoms with Crippen molar-refractivity contribution in [3.63, 3.8) is 0 Å². The van der Waals surface area contributed by atoms with Gasteiger partial charge in [0, 0.05) is 10.0 Å². The van der Waals surface area contributed by atoms with Crippen molar-refractivity contribution in [1.29, 1.82) is 5.26 Å². The van der Waals surface area contributed by atoms with Gasteiger partial charge in [-0.1, -0.05) is 29.3 Å². The topological polar surface area (TPSA) is 91.7 Å². The third kappa shape index (κ3) is 2.86. The van der Waals surface area contributed by atoms with E-state index in [1.807, 2.05) is 6.07 Å². The molecule has 0 amide bonds. The van der Waals surface area contributed by atoms with Crippen LogP contribution < -0.4 is 5.73 Å². The molecule has 0 saturated heterocycles. The van der Waals surface area contributed by atoms with Crippen LogP contribution in [0.25, 0.3) is 0 Å². The number of hydrogen-bond donors (Lipinski definition) is 1. The smallest absolute Gasteiger partial charge is 0.338 e. The molecule has 6 nitrogen and oxygen atoms in total. The minimum absolute atomic E-state index is 0.219. The van der Waals surface area contributed by atoms with Gasteiger partial charge in [0.05, 0.1) is 24.4 Å². The molecule has 0 radical (unpaired) electrons. The van der Waals surface area contributed by atoms with Crippen molar-refractivity contribution in [3.05, 3.63) is 55.8 Å². The average Bonchev–Trinajstić information content (AvgIpc) is 2.89. The Morgan fingerprint density at radius 3 is 2.80 bits per heavy atom. The van der Waals surface area contributed by atoms with E-state index >= 15 is 0 Å². The number of rotatable bonds is 2. The molecule has 2 aliphatic heterocycles. The standard InChI is InChI=1S/C16H12Cl2N4O2S/c1-7-12(15(23)24-2)13(9-4-3-8(17)5-10(9)18)22-14(20)11(6-19)25-16(22)21-7/h3-5,13H,20H2,1-2H3/t13-/m0/s1. The molecule has 2 aliphatic rings. The Morgan fingerprint density at radius 1 is 1.48 bits per heavy atom. The molecule has 0 unspecified atom stereocenters. The highest BCUT2D eigenvalue weighted by atomic mass is 35.5. The molecule has 1 atom stereocenters. The summed E-state index contributed by atoms with van der Waals surface area (Å²) in [6.07, 6.45) is 0. The number of hydrogen-bond acceptors (Lipinski definition) is 7. The number of fused-ring (bicyclic) bond motifs is 1. The van der Waals surface area contributed by atoms with Crippen molar-refractivity contribution in [2.24, 2.45) is 10.7 Å². The molecule has 0 fully saturated rings. The number of methoxy groups -OCH3 is 1. The second-order valence-electron chi connectivity index (χ2n) is 5.25. The van der Waals surface area contributed by atoms with E-state index < -0.39 is 12.0 Å². The summed E-state index contributed by atoms with van der Waals surface area (Å²) in [4.78, 5) is 18.8. The van der Waals surface area contributed by atoms with Gasteiger partial charge in [-0.15, -0.1) is 0 Å². The number of nitrogens with two attached hydrogens (primary N) is 1. The summed E-state index contributed by atoms with van der Waals surface area (Å²) in [5.41, 5.74) is 7.53. The maximum Gasteiger partial charge on any atom is 0.338 e. The summed E-state index contributed by atoms with van der Waals surface area (Å²) in [7, 11) is 1.29. The largest absolute Gasteiger partial charge is 0.466 e. The number of benzene rings is 1. The summed E-state index contributed by atoms with van der Waals surface area (Å²) >= 11 is 13.5. The molecule has 0 bridgehead atoms. The van der Waals surface area contributed by atoms with Crippen LogP contribution in [0.1, 0.15) is 18.5 Å². The number of halogens is 2. The van der Waals surface area contributed by atoms with Crippen molar-refractivity contribution in [2.45, 2.75) is 13.0 Å². The van der Waals surface area contributed by atoms with Crippen LogP contribution in [0.2, 0.25) is 10.0 Å². The van der Waals surface area contributed by atoms with Crippen molar-refractivity contribution in [2.75, 3.05) is 7.11 Å². The molecule has 25 heavy (non-hydrogen) atoms. The Balaban J connectivity index is 2.25. The van der Waals surface area contributed by atoms with E-state index in [1.165, 1.54) is 7.11 Å². The molecule has 1 aromatic rings. The van der Waals surface area contributed by atoms with Gasteiger partial charge in [0.25, 0.3) is 0 Å². The second kappa shape index (κ2) is 6.64. The van der Waals surface area contributed by atoms with Crippen molar-refractivity contribution in [3.8, 4) is 6.07 Å². The zero-order valence-electron chi connectivity index (χ0n) is 13.2. The molecule has 2 N–H and O–H groups in total. The monoisotopic (exact) mass is 394 g/mol. The number of allylic oxidation sites excluding steroid dienone is 2. The number of carbonyl (C=O) groups is 1. The van der Waals surface area contributed by atoms with Crippen LogP contribution in [0.15, 0.2) is 45.2 Å². The average molecular weight is 395 g/mol. The Kier molecular flexibility index (Phi) is 4.69. The van der Waals surface area contributed by atoms with E-state index in [9.17, 15) is 10.1 Å². The maximum absolute atomic E-state index is 12.4. The van der Waals surface area contributed by atoms with Crippen LogP contribution in [0.4, 0.5) is 0 Å². The molecule has 2 heterocycles. The molecular formula is C16H12Cl2N4O2S. The van der Waals surface area contributed by atoms with Crippen LogP contribution >= 0.6 is 35.0 Å². The maximum atomic E-state index is 12.4. The fourth-order valence-electron chi connectivity index (χ4n) is 2.73. The first-order valence-electron chi connectivity index (χ1n) is 7.08. The van der Waals surface area contributed by atoms with Gasteiger partial charge in [-0.05, 0) is 36.4 Å². The number of amidine groups is 1. The Morgan fingerprint density at radius 2 is 2.20 bits per heavy atom. The summed E-state index contributed by atoms with van der Waals surface area (Å²) in [6, 6.07) is 6.36. The van der Waals surface area contributed by atoms with E-state index in [4.69, 9.17) is 33.7 Å². The molecule has 0 aliphatic carbocycles. The highest BCUT2D eigenvalue weighted by Gasteiger charge is 2.43. The van der Waals surface area contributed by atoms with Crippen molar-refractivity contribution >= 4 is 46.1 Å². The van der Waals surface area contributed by atoms with E-state index in [1.54, 1.807) is 30.0 Å². The lowest BCUT2D eigenvalue weighted by Crippen LogP contribution is -2.38. The molecule has 128 valence electrons. The van der Waals surface area contributed by atoms with E-state index in [-0.39, 0.29) is 5.82 Å². The lowest BCUT2D eigenvalue weighted by Gasteiger charge is -2.35. The Bertz CT molecular complexity index is 917. The number of nitriles is 1. The van der Waals surface area contributed by atoms with Gasteiger partial charge >= 0.3 is 5.97 Å². The van der Waals surface area contributed by atoms with Gasteiger partial charge in [0.2, 0.25) is 0 Å².